The van der Waals surface area contributed by atoms with Crippen molar-refractivity contribution in [3.05, 3.63) is 12.2 Å². The number of carbonyl (C=O) groups excluding carboxylic acids is 2. The van der Waals surface area contributed by atoms with E-state index in [0.29, 0.717) is 17.8 Å². The van der Waals surface area contributed by atoms with Gasteiger partial charge in [-0.1, -0.05) is 6.58 Å². The summed E-state index contributed by atoms with van der Waals surface area (Å²) in [7, 11) is 0. The van der Waals surface area contributed by atoms with Crippen LogP contribution in [-0.4, -0.2) is 18.4 Å². The Morgan fingerprint density at radius 3 is 2.05 bits per heavy atom. The van der Waals surface area contributed by atoms with Gasteiger partial charge in [0.1, 0.15) is 5.78 Å². The molecular weight excluding hydrogens is 252 g/mol. The first-order valence-corrected chi connectivity index (χ1v) is 7.84. The molecule has 4 rings (SSSR count). The molecule has 0 N–H and O–H groups in total. The van der Waals surface area contributed by atoms with Gasteiger partial charge in [0.15, 0.2) is 0 Å². The van der Waals surface area contributed by atoms with Crippen molar-refractivity contribution in [2.24, 2.45) is 23.2 Å². The summed E-state index contributed by atoms with van der Waals surface area (Å²) in [6.45, 7) is 5.39. The highest BCUT2D eigenvalue weighted by atomic mass is 16.5. The van der Waals surface area contributed by atoms with Gasteiger partial charge >= 0.3 is 5.97 Å². The molecule has 4 saturated carbocycles. The van der Waals surface area contributed by atoms with Crippen LogP contribution in [0.3, 0.4) is 0 Å². The standard InChI is InChI=1S/C17H24O3/c1-11(2)16(19)20-4-3-15(18)17-8-12-5-13(9-17)7-14(6-12)10-17/h12-14H,1,3-10H2,2H3. The zero-order chi connectivity index (χ0) is 14.3. The minimum Gasteiger partial charge on any atom is -0.462 e. The Bertz CT molecular complexity index is 414. The lowest BCUT2D eigenvalue weighted by Crippen LogP contribution is -2.50. The summed E-state index contributed by atoms with van der Waals surface area (Å²) in [5, 5.41) is 0. The van der Waals surface area contributed by atoms with E-state index in [4.69, 9.17) is 4.74 Å². The van der Waals surface area contributed by atoms with E-state index in [9.17, 15) is 9.59 Å². The smallest absolute Gasteiger partial charge is 0.333 e. The van der Waals surface area contributed by atoms with Gasteiger partial charge in [-0.25, -0.2) is 4.79 Å². The maximum Gasteiger partial charge on any atom is 0.333 e. The monoisotopic (exact) mass is 276 g/mol. The number of esters is 1. The fourth-order valence-electron chi connectivity index (χ4n) is 5.08. The predicted octanol–water partition coefficient (Wildman–Crippen LogP) is 3.28. The molecule has 3 nitrogen and oxygen atoms in total. The molecule has 20 heavy (non-hydrogen) atoms. The van der Waals surface area contributed by atoms with Gasteiger partial charge in [-0.2, -0.15) is 0 Å². The Morgan fingerprint density at radius 1 is 1.10 bits per heavy atom. The second kappa shape index (κ2) is 5.01. The topological polar surface area (TPSA) is 43.4 Å². The molecule has 4 bridgehead atoms. The second-order valence-electron chi connectivity index (χ2n) is 7.29. The fraction of sp³-hybridized carbons (Fsp3) is 0.765. The lowest BCUT2D eigenvalue weighted by atomic mass is 9.48. The zero-order valence-electron chi connectivity index (χ0n) is 12.3. The Morgan fingerprint density at radius 2 is 1.60 bits per heavy atom. The van der Waals surface area contributed by atoms with E-state index in [0.717, 1.165) is 37.0 Å². The molecular formula is C17H24O3. The first-order valence-electron chi connectivity index (χ1n) is 7.84. The van der Waals surface area contributed by atoms with Gasteiger partial charge in [0, 0.05) is 17.4 Å². The van der Waals surface area contributed by atoms with Crippen LogP contribution in [0.1, 0.15) is 51.9 Å². The van der Waals surface area contributed by atoms with Gasteiger partial charge in [0.2, 0.25) is 0 Å². The van der Waals surface area contributed by atoms with Crippen molar-refractivity contribution in [1.29, 1.82) is 0 Å². The van der Waals surface area contributed by atoms with Gasteiger partial charge in [-0.15, -0.1) is 0 Å². The summed E-state index contributed by atoms with van der Waals surface area (Å²) < 4.78 is 5.08. The van der Waals surface area contributed by atoms with E-state index in [-0.39, 0.29) is 18.0 Å². The van der Waals surface area contributed by atoms with Crippen LogP contribution in [0.15, 0.2) is 12.2 Å². The SMILES string of the molecule is C=C(C)C(=O)OCCC(=O)C12CC3CC(CC(C3)C1)C2. The molecule has 0 unspecified atom stereocenters. The summed E-state index contributed by atoms with van der Waals surface area (Å²) in [6, 6.07) is 0. The van der Waals surface area contributed by atoms with Crippen molar-refractivity contribution < 1.29 is 14.3 Å². The summed E-state index contributed by atoms with van der Waals surface area (Å²) in [5.41, 5.74) is 0.331. The van der Waals surface area contributed by atoms with Crippen molar-refractivity contribution in [2.45, 2.75) is 51.9 Å². The minimum absolute atomic E-state index is 0.0651. The third-order valence-electron chi connectivity index (χ3n) is 5.54. The van der Waals surface area contributed by atoms with Gasteiger partial charge in [-0.3, -0.25) is 4.79 Å². The molecule has 0 radical (unpaired) electrons. The quantitative estimate of drug-likeness (QED) is 0.571. The van der Waals surface area contributed by atoms with Gasteiger partial charge < -0.3 is 4.74 Å². The molecule has 0 amide bonds. The van der Waals surface area contributed by atoms with Crippen LogP contribution in [0.2, 0.25) is 0 Å². The van der Waals surface area contributed by atoms with E-state index in [1.807, 2.05) is 0 Å². The van der Waals surface area contributed by atoms with Crippen LogP contribution in [0.5, 0.6) is 0 Å². The van der Waals surface area contributed by atoms with E-state index < -0.39 is 0 Å². The molecule has 110 valence electrons. The normalized spacial score (nSPS) is 37.8. The van der Waals surface area contributed by atoms with Crippen LogP contribution < -0.4 is 0 Å². The van der Waals surface area contributed by atoms with E-state index in [1.54, 1.807) is 6.92 Å². The lowest BCUT2D eigenvalue weighted by molar-refractivity contribution is -0.147. The fourth-order valence-corrected chi connectivity index (χ4v) is 5.08. The van der Waals surface area contributed by atoms with Crippen molar-refractivity contribution in [1.82, 2.24) is 0 Å². The molecule has 4 fully saturated rings. The van der Waals surface area contributed by atoms with Crippen molar-refractivity contribution >= 4 is 11.8 Å². The summed E-state index contributed by atoms with van der Waals surface area (Å²) >= 11 is 0. The maximum absolute atomic E-state index is 12.6. The average Bonchev–Trinajstić information content (AvgIpc) is 2.36. The largest absolute Gasteiger partial charge is 0.462 e. The number of rotatable bonds is 5. The average molecular weight is 276 g/mol. The molecule has 0 aromatic heterocycles. The zero-order valence-corrected chi connectivity index (χ0v) is 12.3. The third-order valence-corrected chi connectivity index (χ3v) is 5.54. The summed E-state index contributed by atoms with van der Waals surface area (Å²) in [4.78, 5) is 24.0. The summed E-state index contributed by atoms with van der Waals surface area (Å²) in [5.74, 6) is 2.30. The van der Waals surface area contributed by atoms with Crippen LogP contribution in [0.4, 0.5) is 0 Å². The van der Waals surface area contributed by atoms with Crippen molar-refractivity contribution in [2.75, 3.05) is 6.61 Å². The predicted molar refractivity (Wildman–Crippen MR) is 76.0 cm³/mol. The van der Waals surface area contributed by atoms with Crippen molar-refractivity contribution in [3.63, 3.8) is 0 Å². The number of ketones is 1. The molecule has 0 heterocycles. The molecule has 0 aromatic carbocycles. The molecule has 0 aliphatic heterocycles. The maximum atomic E-state index is 12.6. The first-order chi connectivity index (χ1) is 9.48. The van der Waals surface area contributed by atoms with Crippen LogP contribution in [0.25, 0.3) is 0 Å². The molecule has 4 aliphatic rings. The highest BCUT2D eigenvalue weighted by molar-refractivity contribution is 5.88. The number of hydrogen-bond donors (Lipinski definition) is 0. The van der Waals surface area contributed by atoms with E-state index >= 15 is 0 Å². The molecule has 3 heteroatoms. The molecule has 0 spiro atoms. The second-order valence-corrected chi connectivity index (χ2v) is 7.29. The Balaban J connectivity index is 1.57. The number of carbonyl (C=O) groups is 2. The Labute approximate surface area is 120 Å². The molecule has 0 atom stereocenters. The highest BCUT2D eigenvalue weighted by Gasteiger charge is 2.53. The van der Waals surface area contributed by atoms with Gasteiger partial charge in [-0.05, 0) is 63.2 Å². The molecule has 0 saturated heterocycles. The molecule has 0 aromatic rings. The van der Waals surface area contributed by atoms with Gasteiger partial charge in [0.25, 0.3) is 0 Å². The van der Waals surface area contributed by atoms with Crippen LogP contribution in [-0.2, 0) is 14.3 Å². The van der Waals surface area contributed by atoms with Crippen LogP contribution in [0, 0.1) is 23.2 Å². The van der Waals surface area contributed by atoms with E-state index in [1.165, 1.54) is 19.3 Å². The Hall–Kier alpha value is -1.12. The number of Topliss-reactive ketones (excluding diaryl/α,β-unsaturated/α-hetero) is 1. The van der Waals surface area contributed by atoms with Crippen molar-refractivity contribution in [3.8, 4) is 0 Å². The van der Waals surface area contributed by atoms with Gasteiger partial charge in [0.05, 0.1) is 6.61 Å². The molecule has 4 aliphatic carbocycles. The first kappa shape index (κ1) is 13.8. The lowest BCUT2D eigenvalue weighted by Gasteiger charge is -2.56. The number of ether oxygens (including phenoxy) is 1. The minimum atomic E-state index is -0.386. The highest BCUT2D eigenvalue weighted by Crippen LogP contribution is 2.60. The Kier molecular flexibility index (Phi) is 3.47. The number of hydrogen-bond acceptors (Lipinski definition) is 3. The third kappa shape index (κ3) is 2.43. The summed E-state index contributed by atoms with van der Waals surface area (Å²) in [6.07, 6.45) is 7.68. The van der Waals surface area contributed by atoms with E-state index in [2.05, 4.69) is 6.58 Å². The van der Waals surface area contributed by atoms with Crippen LogP contribution >= 0.6 is 0 Å².